The molecule has 0 bridgehead atoms. The number of rotatable bonds is 4. The van der Waals surface area contributed by atoms with Gasteiger partial charge in [0, 0.05) is 17.1 Å². The third kappa shape index (κ3) is 5.01. The molecule has 3 atom stereocenters. The van der Waals surface area contributed by atoms with Crippen LogP contribution in [-0.4, -0.2) is 18.0 Å². The lowest BCUT2D eigenvalue weighted by Crippen LogP contribution is -2.44. The minimum Gasteiger partial charge on any atom is -0.353 e. The highest BCUT2D eigenvalue weighted by molar-refractivity contribution is 6.30. The summed E-state index contributed by atoms with van der Waals surface area (Å²) >= 11 is 5.88. The molecule has 2 rings (SSSR count). The van der Waals surface area contributed by atoms with Crippen molar-refractivity contribution in [3.63, 3.8) is 0 Å². The molecule has 3 nitrogen and oxygen atoms in total. The van der Waals surface area contributed by atoms with E-state index < -0.39 is 0 Å². The van der Waals surface area contributed by atoms with Crippen molar-refractivity contribution >= 4 is 17.5 Å². The fourth-order valence-corrected chi connectivity index (χ4v) is 3.16. The Labute approximate surface area is 132 Å². The molecule has 1 aliphatic rings. The van der Waals surface area contributed by atoms with Gasteiger partial charge in [0.15, 0.2) is 0 Å². The summed E-state index contributed by atoms with van der Waals surface area (Å²) in [6.07, 6.45) is 6.13. The maximum Gasteiger partial charge on any atom is 0.224 e. The van der Waals surface area contributed by atoms with Crippen molar-refractivity contribution in [1.29, 1.82) is 0 Å². The molecular formula is C17H25ClN2O. The lowest BCUT2D eigenvalue weighted by Gasteiger charge is -2.23. The van der Waals surface area contributed by atoms with Crippen molar-refractivity contribution in [3.8, 4) is 0 Å². The van der Waals surface area contributed by atoms with Gasteiger partial charge in [0.2, 0.25) is 5.91 Å². The van der Waals surface area contributed by atoms with E-state index in [1.807, 2.05) is 31.2 Å². The second-order valence-electron chi connectivity index (χ2n) is 6.15. The lowest BCUT2D eigenvalue weighted by atomic mass is 9.94. The van der Waals surface area contributed by atoms with Crippen LogP contribution in [0.2, 0.25) is 5.02 Å². The third-order valence-electron chi connectivity index (χ3n) is 4.25. The van der Waals surface area contributed by atoms with Gasteiger partial charge in [-0.1, -0.05) is 43.0 Å². The first-order valence-corrected chi connectivity index (χ1v) is 8.24. The normalized spacial score (nSPS) is 24.1. The minimum absolute atomic E-state index is 0.00947. The van der Waals surface area contributed by atoms with Gasteiger partial charge >= 0.3 is 0 Å². The summed E-state index contributed by atoms with van der Waals surface area (Å²) in [7, 11) is 0. The summed E-state index contributed by atoms with van der Waals surface area (Å²) in [4.78, 5) is 12.4. The largest absolute Gasteiger partial charge is 0.353 e. The Morgan fingerprint density at radius 1 is 1.29 bits per heavy atom. The molecule has 0 radical (unpaired) electrons. The Morgan fingerprint density at radius 2 is 1.95 bits per heavy atom. The van der Waals surface area contributed by atoms with Gasteiger partial charge in [-0.3, -0.25) is 4.79 Å². The highest BCUT2D eigenvalue weighted by Crippen LogP contribution is 2.22. The molecule has 1 saturated carbocycles. The third-order valence-corrected chi connectivity index (χ3v) is 4.50. The van der Waals surface area contributed by atoms with E-state index in [-0.39, 0.29) is 23.9 Å². The Hall–Kier alpha value is -1.06. The number of hydrogen-bond donors (Lipinski definition) is 2. The minimum atomic E-state index is -0.0276. The van der Waals surface area contributed by atoms with Crippen LogP contribution in [-0.2, 0) is 11.2 Å². The molecule has 0 aromatic heterocycles. The van der Waals surface area contributed by atoms with Gasteiger partial charge in [-0.2, -0.15) is 0 Å². The molecule has 1 amide bonds. The second kappa shape index (κ2) is 7.81. The van der Waals surface area contributed by atoms with E-state index in [1.54, 1.807) is 0 Å². The molecule has 3 unspecified atom stereocenters. The zero-order chi connectivity index (χ0) is 15.2. The van der Waals surface area contributed by atoms with Crippen LogP contribution in [0.5, 0.6) is 0 Å². The monoisotopic (exact) mass is 308 g/mol. The first kappa shape index (κ1) is 16.3. The molecule has 0 heterocycles. The predicted molar refractivity (Wildman–Crippen MR) is 87.3 cm³/mol. The van der Waals surface area contributed by atoms with E-state index in [4.69, 9.17) is 17.3 Å². The van der Waals surface area contributed by atoms with E-state index in [2.05, 4.69) is 5.32 Å². The molecule has 1 aliphatic carbocycles. The molecule has 4 heteroatoms. The number of hydrogen-bond acceptors (Lipinski definition) is 2. The molecule has 1 aromatic rings. The van der Waals surface area contributed by atoms with Crippen LogP contribution in [0.1, 0.15) is 44.6 Å². The van der Waals surface area contributed by atoms with Gasteiger partial charge < -0.3 is 11.1 Å². The van der Waals surface area contributed by atoms with Crippen LogP contribution < -0.4 is 11.1 Å². The SMILES string of the molecule is CC(Cc1ccc(Cl)cc1)NC(=O)C1CCCCCC1N. The van der Waals surface area contributed by atoms with Gasteiger partial charge in [0.05, 0.1) is 5.92 Å². The molecule has 0 saturated heterocycles. The Balaban J connectivity index is 1.87. The van der Waals surface area contributed by atoms with Crippen LogP contribution >= 0.6 is 11.6 Å². The van der Waals surface area contributed by atoms with Crippen molar-refractivity contribution in [2.24, 2.45) is 11.7 Å². The zero-order valence-electron chi connectivity index (χ0n) is 12.6. The van der Waals surface area contributed by atoms with Crippen molar-refractivity contribution < 1.29 is 4.79 Å². The van der Waals surface area contributed by atoms with E-state index in [1.165, 1.54) is 12.0 Å². The fraction of sp³-hybridized carbons (Fsp3) is 0.588. The summed E-state index contributed by atoms with van der Waals surface area (Å²) in [5, 5.41) is 3.85. The molecule has 116 valence electrons. The smallest absolute Gasteiger partial charge is 0.224 e. The molecule has 0 spiro atoms. The summed E-state index contributed by atoms with van der Waals surface area (Å²) < 4.78 is 0. The molecule has 21 heavy (non-hydrogen) atoms. The van der Waals surface area contributed by atoms with Crippen molar-refractivity contribution in [2.45, 2.75) is 57.5 Å². The summed E-state index contributed by atoms with van der Waals surface area (Å²) in [6, 6.07) is 7.88. The molecule has 3 N–H and O–H groups in total. The predicted octanol–water partition coefficient (Wildman–Crippen LogP) is 3.29. The number of nitrogens with one attached hydrogen (secondary N) is 1. The van der Waals surface area contributed by atoms with Crippen LogP contribution in [0.3, 0.4) is 0 Å². The number of carbonyl (C=O) groups is 1. The van der Waals surface area contributed by atoms with E-state index >= 15 is 0 Å². The summed E-state index contributed by atoms with van der Waals surface area (Å²) in [5.41, 5.74) is 7.33. The van der Waals surface area contributed by atoms with Crippen molar-refractivity contribution in [3.05, 3.63) is 34.9 Å². The fourth-order valence-electron chi connectivity index (χ4n) is 3.04. The van der Waals surface area contributed by atoms with Crippen LogP contribution in [0.15, 0.2) is 24.3 Å². The van der Waals surface area contributed by atoms with E-state index in [9.17, 15) is 4.79 Å². The molecular weight excluding hydrogens is 284 g/mol. The Kier molecular flexibility index (Phi) is 6.07. The summed E-state index contributed by atoms with van der Waals surface area (Å²) in [6.45, 7) is 2.04. The van der Waals surface area contributed by atoms with Crippen LogP contribution in [0.25, 0.3) is 0 Å². The topological polar surface area (TPSA) is 55.1 Å². The van der Waals surface area contributed by atoms with Crippen molar-refractivity contribution in [2.75, 3.05) is 0 Å². The highest BCUT2D eigenvalue weighted by atomic mass is 35.5. The Bertz CT molecular complexity index is 460. The van der Waals surface area contributed by atoms with Crippen LogP contribution in [0.4, 0.5) is 0 Å². The number of amides is 1. The highest BCUT2D eigenvalue weighted by Gasteiger charge is 2.27. The van der Waals surface area contributed by atoms with Gasteiger partial charge in [-0.25, -0.2) is 0 Å². The van der Waals surface area contributed by atoms with Gasteiger partial charge in [-0.05, 0) is 43.9 Å². The standard InChI is InChI=1S/C17H25ClN2O/c1-12(11-13-7-9-14(18)10-8-13)20-17(21)15-5-3-2-4-6-16(15)19/h7-10,12,15-16H,2-6,11,19H2,1H3,(H,20,21). The number of halogens is 1. The molecule has 0 aliphatic heterocycles. The molecule has 1 fully saturated rings. The zero-order valence-corrected chi connectivity index (χ0v) is 13.4. The van der Waals surface area contributed by atoms with Crippen LogP contribution in [0, 0.1) is 5.92 Å². The average Bonchev–Trinajstić information content (AvgIpc) is 2.66. The molecule has 1 aromatic carbocycles. The van der Waals surface area contributed by atoms with Gasteiger partial charge in [0.25, 0.3) is 0 Å². The first-order chi connectivity index (χ1) is 10.1. The van der Waals surface area contributed by atoms with E-state index in [0.717, 1.165) is 37.1 Å². The van der Waals surface area contributed by atoms with Gasteiger partial charge in [0.1, 0.15) is 0 Å². The second-order valence-corrected chi connectivity index (χ2v) is 6.59. The Morgan fingerprint density at radius 3 is 2.67 bits per heavy atom. The quantitative estimate of drug-likeness (QED) is 0.839. The summed E-state index contributed by atoms with van der Waals surface area (Å²) in [5.74, 6) is 0.0889. The average molecular weight is 309 g/mol. The first-order valence-electron chi connectivity index (χ1n) is 7.86. The van der Waals surface area contributed by atoms with Gasteiger partial charge in [-0.15, -0.1) is 0 Å². The van der Waals surface area contributed by atoms with E-state index in [0.29, 0.717) is 0 Å². The van der Waals surface area contributed by atoms with Crippen molar-refractivity contribution in [1.82, 2.24) is 5.32 Å². The maximum absolute atomic E-state index is 12.4. The number of benzene rings is 1. The number of nitrogens with two attached hydrogens (primary N) is 1. The number of carbonyl (C=O) groups excluding carboxylic acids is 1. The maximum atomic E-state index is 12.4. The lowest BCUT2D eigenvalue weighted by molar-refractivity contribution is -0.126.